The highest BCUT2D eigenvalue weighted by Gasteiger charge is 2.27. The van der Waals surface area contributed by atoms with Gasteiger partial charge >= 0.3 is 5.97 Å². The molecule has 8 nitrogen and oxygen atoms in total. The molecule has 0 radical (unpaired) electrons. The molecule has 0 atom stereocenters. The molecule has 0 unspecified atom stereocenters. The number of carbonyl (C=O) groups excluding carboxylic acids is 1. The quantitative estimate of drug-likeness (QED) is 0.123. The van der Waals surface area contributed by atoms with Crippen molar-refractivity contribution >= 4 is 46.2 Å². The molecule has 0 aromatic heterocycles. The Morgan fingerprint density at radius 3 is 2.65 bits per heavy atom. The number of nitro groups is 1. The van der Waals surface area contributed by atoms with E-state index in [1.165, 1.54) is 19.2 Å². The number of aliphatic imine (C=N–C) groups is 1. The molecule has 9 heteroatoms. The highest BCUT2D eigenvalue weighted by atomic mass is 127. The average Bonchev–Trinajstić information content (AvgIpc) is 3.17. The van der Waals surface area contributed by atoms with E-state index in [-0.39, 0.29) is 17.3 Å². The van der Waals surface area contributed by atoms with Gasteiger partial charge in [-0.2, -0.15) is 0 Å². The summed E-state index contributed by atoms with van der Waals surface area (Å²) in [5.74, 6) is 0.458. The van der Waals surface area contributed by atoms with Gasteiger partial charge in [0.05, 0.1) is 12.0 Å². The largest absolute Gasteiger partial charge is 0.493 e. The maximum absolute atomic E-state index is 12.4. The summed E-state index contributed by atoms with van der Waals surface area (Å²) in [5.41, 5.74) is 2.47. The molecule has 172 valence electrons. The Balaban J connectivity index is 1.57. The number of hydrogen-bond acceptors (Lipinski definition) is 7. The molecule has 0 aliphatic carbocycles. The number of rotatable bonds is 7. The Kier molecular flexibility index (Phi) is 6.92. The number of hydrogen-bond donors (Lipinski definition) is 0. The third kappa shape index (κ3) is 5.09. The molecule has 4 rings (SSSR count). The third-order valence-electron chi connectivity index (χ3n) is 5.13. The molecule has 1 aliphatic heterocycles. The summed E-state index contributed by atoms with van der Waals surface area (Å²) in [7, 11) is 1.54. The fraction of sp³-hybridized carbons (Fsp3) is 0.120. The van der Waals surface area contributed by atoms with Gasteiger partial charge in [0.25, 0.3) is 5.69 Å². The molecular formula is C25H19IN2O6. The van der Waals surface area contributed by atoms with Crippen molar-refractivity contribution in [2.45, 2.75) is 13.5 Å². The Labute approximate surface area is 209 Å². The zero-order valence-corrected chi connectivity index (χ0v) is 20.4. The van der Waals surface area contributed by atoms with Gasteiger partial charge in [-0.05, 0) is 77.0 Å². The van der Waals surface area contributed by atoms with Gasteiger partial charge in [-0.3, -0.25) is 10.1 Å². The van der Waals surface area contributed by atoms with E-state index in [4.69, 9.17) is 14.2 Å². The first-order valence-corrected chi connectivity index (χ1v) is 11.3. The minimum atomic E-state index is -0.640. The number of nitro benzene ring substituents is 1. The second kappa shape index (κ2) is 10.0. The van der Waals surface area contributed by atoms with Crippen LogP contribution in [0.1, 0.15) is 22.3 Å². The SMILES string of the molecule is COc1cc(/C=C2\N=C(c3cccc([N+](=O)[O-])c3C)OC2=O)ccc1OCc1cccc(I)c1. The lowest BCUT2D eigenvalue weighted by atomic mass is 10.1. The number of carbonyl (C=O) groups is 1. The van der Waals surface area contributed by atoms with E-state index >= 15 is 0 Å². The smallest absolute Gasteiger partial charge is 0.363 e. The number of ether oxygens (including phenoxy) is 3. The van der Waals surface area contributed by atoms with E-state index in [2.05, 4.69) is 27.6 Å². The van der Waals surface area contributed by atoms with Crippen molar-refractivity contribution in [2.24, 2.45) is 4.99 Å². The van der Waals surface area contributed by atoms with Crippen LogP contribution in [0.5, 0.6) is 11.5 Å². The lowest BCUT2D eigenvalue weighted by Crippen LogP contribution is -2.08. The van der Waals surface area contributed by atoms with Gasteiger partial charge in [-0.25, -0.2) is 9.79 Å². The summed E-state index contributed by atoms with van der Waals surface area (Å²) in [4.78, 5) is 27.4. The van der Waals surface area contributed by atoms with Crippen molar-refractivity contribution in [3.05, 3.63) is 102 Å². The summed E-state index contributed by atoms with van der Waals surface area (Å²) in [6.45, 7) is 1.97. The van der Waals surface area contributed by atoms with Crippen LogP contribution in [0.15, 0.2) is 71.4 Å². The molecule has 34 heavy (non-hydrogen) atoms. The number of halogens is 1. The van der Waals surface area contributed by atoms with Crippen LogP contribution in [-0.4, -0.2) is 23.9 Å². The van der Waals surface area contributed by atoms with E-state index in [0.717, 1.165) is 9.13 Å². The van der Waals surface area contributed by atoms with E-state index < -0.39 is 10.9 Å². The third-order valence-corrected chi connectivity index (χ3v) is 5.80. The summed E-state index contributed by atoms with van der Waals surface area (Å²) in [6, 6.07) is 17.8. The lowest BCUT2D eigenvalue weighted by molar-refractivity contribution is -0.385. The van der Waals surface area contributed by atoms with Crippen LogP contribution in [0.25, 0.3) is 6.08 Å². The predicted molar refractivity (Wildman–Crippen MR) is 135 cm³/mol. The van der Waals surface area contributed by atoms with Crippen LogP contribution in [-0.2, 0) is 16.1 Å². The van der Waals surface area contributed by atoms with E-state index in [1.54, 1.807) is 37.3 Å². The Morgan fingerprint density at radius 2 is 1.91 bits per heavy atom. The van der Waals surface area contributed by atoms with Crippen LogP contribution in [0.3, 0.4) is 0 Å². The van der Waals surface area contributed by atoms with Crippen molar-refractivity contribution < 1.29 is 23.9 Å². The molecule has 0 N–H and O–H groups in total. The summed E-state index contributed by atoms with van der Waals surface area (Å²) < 4.78 is 17.8. The highest BCUT2D eigenvalue weighted by molar-refractivity contribution is 14.1. The molecule has 0 saturated heterocycles. The summed E-state index contributed by atoms with van der Waals surface area (Å²) in [6.07, 6.45) is 1.56. The molecule has 3 aromatic rings. The van der Waals surface area contributed by atoms with Gasteiger partial charge in [-0.1, -0.05) is 24.3 Å². The topological polar surface area (TPSA) is 100 Å². The molecular weight excluding hydrogens is 551 g/mol. The zero-order chi connectivity index (χ0) is 24.2. The normalized spacial score (nSPS) is 14.0. The second-order valence-electron chi connectivity index (χ2n) is 7.37. The zero-order valence-electron chi connectivity index (χ0n) is 18.3. The van der Waals surface area contributed by atoms with Crippen molar-refractivity contribution in [3.8, 4) is 11.5 Å². The Hall–Kier alpha value is -3.73. The first kappa shape index (κ1) is 23.4. The summed E-state index contributed by atoms with van der Waals surface area (Å²) >= 11 is 2.25. The van der Waals surface area contributed by atoms with Crippen LogP contribution < -0.4 is 9.47 Å². The second-order valence-corrected chi connectivity index (χ2v) is 8.62. The maximum atomic E-state index is 12.4. The van der Waals surface area contributed by atoms with Gasteiger partial charge in [0.15, 0.2) is 17.2 Å². The summed E-state index contributed by atoms with van der Waals surface area (Å²) in [5, 5.41) is 11.2. The van der Waals surface area contributed by atoms with E-state index in [9.17, 15) is 14.9 Å². The fourth-order valence-electron chi connectivity index (χ4n) is 3.42. The molecule has 0 fully saturated rings. The van der Waals surface area contributed by atoms with Gasteiger partial charge < -0.3 is 14.2 Å². The Bertz CT molecular complexity index is 1350. The number of methoxy groups -OCH3 is 1. The van der Waals surface area contributed by atoms with E-state index in [1.807, 2.05) is 24.3 Å². The lowest BCUT2D eigenvalue weighted by Gasteiger charge is -2.11. The number of benzene rings is 3. The minimum Gasteiger partial charge on any atom is -0.493 e. The molecule has 0 bridgehead atoms. The van der Waals surface area contributed by atoms with E-state index in [0.29, 0.717) is 34.8 Å². The van der Waals surface area contributed by atoms with Crippen LogP contribution in [0.4, 0.5) is 5.69 Å². The maximum Gasteiger partial charge on any atom is 0.363 e. The van der Waals surface area contributed by atoms with Crippen molar-refractivity contribution in [2.75, 3.05) is 7.11 Å². The molecule has 3 aromatic carbocycles. The van der Waals surface area contributed by atoms with Crippen molar-refractivity contribution in [1.82, 2.24) is 0 Å². The minimum absolute atomic E-state index is 0.0295. The van der Waals surface area contributed by atoms with Crippen LogP contribution in [0.2, 0.25) is 0 Å². The van der Waals surface area contributed by atoms with Crippen molar-refractivity contribution in [1.29, 1.82) is 0 Å². The predicted octanol–water partition coefficient (Wildman–Crippen LogP) is 5.44. The van der Waals surface area contributed by atoms with Crippen molar-refractivity contribution in [3.63, 3.8) is 0 Å². The number of nitrogens with zero attached hydrogens (tertiary/aromatic N) is 2. The first-order valence-electron chi connectivity index (χ1n) is 10.2. The first-order chi connectivity index (χ1) is 16.4. The molecule has 1 aliphatic rings. The number of cyclic esters (lactones) is 1. The number of esters is 1. The Morgan fingerprint density at radius 1 is 1.12 bits per heavy atom. The molecule has 0 saturated carbocycles. The van der Waals surface area contributed by atoms with Gasteiger partial charge in [0.2, 0.25) is 5.90 Å². The highest BCUT2D eigenvalue weighted by Crippen LogP contribution is 2.31. The van der Waals surface area contributed by atoms with Gasteiger partial charge in [0.1, 0.15) is 6.61 Å². The van der Waals surface area contributed by atoms with Gasteiger partial charge in [0, 0.05) is 20.8 Å². The fourth-order valence-corrected chi connectivity index (χ4v) is 4.02. The standard InChI is InChI=1S/C25H19IN2O6/c1-15-19(7-4-8-21(15)28(30)31)24-27-20(25(29)34-24)12-16-9-10-22(23(13-16)32-2)33-14-17-5-3-6-18(26)11-17/h3-13H,14H2,1-2H3/b20-12-. The van der Waals surface area contributed by atoms with Crippen LogP contribution in [0, 0.1) is 20.6 Å². The van der Waals surface area contributed by atoms with Crippen LogP contribution >= 0.6 is 22.6 Å². The average molecular weight is 570 g/mol. The van der Waals surface area contributed by atoms with Gasteiger partial charge in [-0.15, -0.1) is 0 Å². The molecule has 1 heterocycles. The molecule has 0 amide bonds. The monoisotopic (exact) mass is 570 g/mol. The molecule has 0 spiro atoms.